The van der Waals surface area contributed by atoms with Gasteiger partial charge in [0.15, 0.2) is 0 Å². The van der Waals surface area contributed by atoms with Crippen molar-refractivity contribution in [2.45, 2.75) is 13.8 Å². The van der Waals surface area contributed by atoms with Gasteiger partial charge < -0.3 is 15.4 Å². The number of nitrogen functional groups attached to an aromatic ring is 1. The molecule has 106 valence electrons. The summed E-state index contributed by atoms with van der Waals surface area (Å²) in [6, 6.07) is 0.108. The Morgan fingerprint density at radius 2 is 2.11 bits per heavy atom. The molecule has 1 heterocycles. The van der Waals surface area contributed by atoms with Gasteiger partial charge in [0.05, 0.1) is 13.7 Å². The third-order valence-corrected chi connectivity index (χ3v) is 2.13. The minimum atomic E-state index is -0.470. The van der Waals surface area contributed by atoms with E-state index in [4.69, 9.17) is 16.3 Å². The fraction of sp³-hybridized carbons (Fsp3) is 0.600. The quantitative estimate of drug-likeness (QED) is 0.429. The lowest BCUT2D eigenvalue weighted by Crippen LogP contribution is -2.37. The summed E-state index contributed by atoms with van der Waals surface area (Å²) in [5.41, 5.74) is 7.54. The molecule has 1 aromatic rings. The molecule has 0 aliphatic carbocycles. The van der Waals surface area contributed by atoms with Crippen LogP contribution < -0.4 is 26.6 Å². The molecule has 5 N–H and O–H groups in total. The van der Waals surface area contributed by atoms with Crippen LogP contribution in [0.25, 0.3) is 0 Å². The molecule has 0 aliphatic heterocycles. The van der Waals surface area contributed by atoms with Crippen LogP contribution in [0, 0.1) is 5.92 Å². The second kappa shape index (κ2) is 6.69. The number of hydrogen-bond donors (Lipinski definition) is 3. The Morgan fingerprint density at radius 1 is 1.42 bits per heavy atom. The number of nitrogens with two attached hydrogens (primary N) is 2. The van der Waals surface area contributed by atoms with E-state index in [1.54, 1.807) is 4.90 Å². The molecule has 0 bridgehead atoms. The zero-order valence-corrected chi connectivity index (χ0v) is 11.3. The molecular formula is C10H19N7O2. The van der Waals surface area contributed by atoms with Crippen LogP contribution in [0.4, 0.5) is 11.9 Å². The number of hydrazine groups is 1. The molecule has 0 saturated carbocycles. The lowest BCUT2D eigenvalue weighted by molar-refractivity contribution is -0.116. The fourth-order valence-electron chi connectivity index (χ4n) is 1.49. The first-order chi connectivity index (χ1) is 8.96. The van der Waals surface area contributed by atoms with Gasteiger partial charge in [-0.15, -0.1) is 0 Å². The molecule has 0 aliphatic rings. The van der Waals surface area contributed by atoms with Crippen molar-refractivity contribution in [1.29, 1.82) is 0 Å². The number of methoxy groups -OCH3 is 1. The van der Waals surface area contributed by atoms with E-state index in [9.17, 15) is 4.79 Å². The highest BCUT2D eigenvalue weighted by molar-refractivity contribution is 5.78. The van der Waals surface area contributed by atoms with E-state index in [0.717, 1.165) is 0 Å². The van der Waals surface area contributed by atoms with Crippen LogP contribution in [0.2, 0.25) is 0 Å². The number of anilines is 2. The van der Waals surface area contributed by atoms with Crippen molar-refractivity contribution in [3.8, 4) is 6.01 Å². The molecule has 0 fully saturated rings. The summed E-state index contributed by atoms with van der Waals surface area (Å²) in [5, 5.41) is 0. The molecule has 0 atom stereocenters. The highest BCUT2D eigenvalue weighted by Crippen LogP contribution is 2.15. The number of carbonyl (C=O) groups is 1. The van der Waals surface area contributed by atoms with Gasteiger partial charge in [0.1, 0.15) is 0 Å². The van der Waals surface area contributed by atoms with Gasteiger partial charge in [-0.2, -0.15) is 15.0 Å². The molecule has 9 nitrogen and oxygen atoms in total. The molecule has 9 heteroatoms. The number of hydrogen-bond acceptors (Lipinski definition) is 8. The first-order valence-corrected chi connectivity index (χ1v) is 5.76. The number of carbonyl (C=O) groups excluding carboxylic acids is 1. The summed E-state index contributed by atoms with van der Waals surface area (Å²) < 4.78 is 4.96. The molecule has 1 rings (SSSR count). The standard InChI is InChI=1S/C10H19N7O2/c1-6(2)4-17(5-7(11)18)9-13-8(16-12)14-10(15-9)19-3/h6H,4-5,12H2,1-3H3,(H2,11,18)(H,13,14,15,16). The summed E-state index contributed by atoms with van der Waals surface area (Å²) in [7, 11) is 1.43. The predicted octanol–water partition coefficient (Wildman–Crippen LogP) is -0.887. The number of nitrogens with one attached hydrogen (secondary N) is 1. The van der Waals surface area contributed by atoms with Gasteiger partial charge in [0, 0.05) is 6.54 Å². The SMILES string of the molecule is COc1nc(NN)nc(N(CC(N)=O)CC(C)C)n1. The van der Waals surface area contributed by atoms with Gasteiger partial charge in [0.2, 0.25) is 17.8 Å². The number of nitrogens with zero attached hydrogens (tertiary/aromatic N) is 4. The van der Waals surface area contributed by atoms with Gasteiger partial charge >= 0.3 is 6.01 Å². The minimum absolute atomic E-state index is 0.00928. The second-order valence-electron chi connectivity index (χ2n) is 4.33. The summed E-state index contributed by atoms with van der Waals surface area (Å²) in [6.07, 6.45) is 0. The summed E-state index contributed by atoms with van der Waals surface area (Å²) >= 11 is 0. The Bertz CT molecular complexity index is 416. The normalized spacial score (nSPS) is 10.4. The molecule has 19 heavy (non-hydrogen) atoms. The number of amides is 1. The summed E-state index contributed by atoms with van der Waals surface area (Å²) in [6.45, 7) is 4.60. The highest BCUT2D eigenvalue weighted by Gasteiger charge is 2.16. The Hall–Kier alpha value is -2.16. The van der Waals surface area contributed by atoms with E-state index in [1.165, 1.54) is 7.11 Å². The first-order valence-electron chi connectivity index (χ1n) is 5.76. The lowest BCUT2D eigenvalue weighted by atomic mass is 10.2. The van der Waals surface area contributed by atoms with Crippen LogP contribution in [0.1, 0.15) is 13.8 Å². The molecule has 0 aromatic carbocycles. The van der Waals surface area contributed by atoms with Crippen LogP contribution in [-0.2, 0) is 4.79 Å². The smallest absolute Gasteiger partial charge is 0.322 e. The van der Waals surface area contributed by atoms with Gasteiger partial charge in [-0.3, -0.25) is 10.2 Å². The highest BCUT2D eigenvalue weighted by atomic mass is 16.5. The van der Waals surface area contributed by atoms with Crippen LogP contribution in [0.5, 0.6) is 6.01 Å². The average Bonchev–Trinajstić information content (AvgIpc) is 2.36. The Labute approximate surface area is 111 Å². The number of primary amides is 1. The lowest BCUT2D eigenvalue weighted by Gasteiger charge is -2.23. The van der Waals surface area contributed by atoms with E-state index >= 15 is 0 Å². The molecule has 0 radical (unpaired) electrons. The van der Waals surface area contributed by atoms with Gasteiger partial charge in [-0.05, 0) is 5.92 Å². The monoisotopic (exact) mass is 269 g/mol. The molecule has 0 unspecified atom stereocenters. The van der Waals surface area contributed by atoms with Crippen molar-refractivity contribution < 1.29 is 9.53 Å². The van der Waals surface area contributed by atoms with Gasteiger partial charge in [0.25, 0.3) is 0 Å². The van der Waals surface area contributed by atoms with Crippen LogP contribution in [-0.4, -0.2) is 41.1 Å². The van der Waals surface area contributed by atoms with Crippen molar-refractivity contribution in [2.75, 3.05) is 30.5 Å². The van der Waals surface area contributed by atoms with Crippen molar-refractivity contribution in [1.82, 2.24) is 15.0 Å². The maximum absolute atomic E-state index is 11.1. The predicted molar refractivity (Wildman–Crippen MR) is 70.4 cm³/mol. The van der Waals surface area contributed by atoms with E-state index in [2.05, 4.69) is 20.4 Å². The zero-order valence-electron chi connectivity index (χ0n) is 11.3. The second-order valence-corrected chi connectivity index (χ2v) is 4.33. The number of ether oxygens (including phenoxy) is 1. The third-order valence-electron chi connectivity index (χ3n) is 2.13. The van der Waals surface area contributed by atoms with Gasteiger partial charge in [-0.25, -0.2) is 5.84 Å². The Morgan fingerprint density at radius 3 is 2.58 bits per heavy atom. The molecular weight excluding hydrogens is 250 g/mol. The fourth-order valence-corrected chi connectivity index (χ4v) is 1.49. The van der Waals surface area contributed by atoms with Crippen LogP contribution >= 0.6 is 0 Å². The van der Waals surface area contributed by atoms with Crippen LogP contribution in [0.15, 0.2) is 0 Å². The van der Waals surface area contributed by atoms with Crippen molar-refractivity contribution in [3.63, 3.8) is 0 Å². The van der Waals surface area contributed by atoms with Crippen LogP contribution in [0.3, 0.4) is 0 Å². The Balaban J connectivity index is 3.08. The van der Waals surface area contributed by atoms with E-state index in [1.807, 2.05) is 13.8 Å². The number of rotatable bonds is 7. The molecule has 1 aromatic heterocycles. The van der Waals surface area contributed by atoms with Gasteiger partial charge in [-0.1, -0.05) is 13.8 Å². The average molecular weight is 269 g/mol. The molecule has 1 amide bonds. The maximum atomic E-state index is 11.1. The third kappa shape index (κ3) is 4.54. The van der Waals surface area contributed by atoms with Crippen molar-refractivity contribution >= 4 is 17.8 Å². The Kier molecular flexibility index (Phi) is 5.24. The summed E-state index contributed by atoms with van der Waals surface area (Å²) in [5.74, 6) is 5.55. The van der Waals surface area contributed by atoms with Crippen molar-refractivity contribution in [2.24, 2.45) is 17.5 Å². The van der Waals surface area contributed by atoms with E-state index in [0.29, 0.717) is 12.5 Å². The maximum Gasteiger partial charge on any atom is 0.322 e. The molecule has 0 spiro atoms. The van der Waals surface area contributed by atoms with E-state index in [-0.39, 0.29) is 24.5 Å². The first kappa shape index (κ1) is 14.9. The summed E-state index contributed by atoms with van der Waals surface area (Å²) in [4.78, 5) is 24.8. The molecule has 0 saturated heterocycles. The largest absolute Gasteiger partial charge is 0.467 e. The number of aromatic nitrogens is 3. The van der Waals surface area contributed by atoms with E-state index < -0.39 is 5.91 Å². The van der Waals surface area contributed by atoms with Crippen molar-refractivity contribution in [3.05, 3.63) is 0 Å². The minimum Gasteiger partial charge on any atom is -0.467 e. The topological polar surface area (TPSA) is 132 Å². The zero-order chi connectivity index (χ0) is 14.4.